The zero-order chi connectivity index (χ0) is 25.7. The number of aliphatic imine (C=N–C) groups is 1. The third-order valence-electron chi connectivity index (χ3n) is 6.62. The molecule has 4 aromatic carbocycles. The van der Waals surface area contributed by atoms with Crippen molar-refractivity contribution in [3.63, 3.8) is 0 Å². The maximum atomic E-state index is 6.07. The smallest absolute Gasteiger partial charge is 0.201 e. The van der Waals surface area contributed by atoms with Gasteiger partial charge in [-0.05, 0) is 61.4 Å². The summed E-state index contributed by atoms with van der Waals surface area (Å²) in [6.07, 6.45) is 7.10. The molecule has 0 heterocycles. The fraction of sp³-hybridized carbons (Fsp3) is 0.303. The number of hydrogen-bond acceptors (Lipinski definition) is 2. The van der Waals surface area contributed by atoms with Crippen molar-refractivity contribution in [2.24, 2.45) is 4.99 Å². The number of aryl methyl sites for hydroxylation is 2. The zero-order valence-electron chi connectivity index (χ0n) is 22.6. The Morgan fingerprint density at radius 3 is 2.16 bits per heavy atom. The second-order valence-corrected chi connectivity index (χ2v) is 9.56. The molecule has 0 unspecified atom stereocenters. The van der Waals surface area contributed by atoms with Gasteiger partial charge in [0.2, 0.25) is 5.96 Å². The fourth-order valence-corrected chi connectivity index (χ4v) is 4.41. The molecule has 0 amide bonds. The van der Waals surface area contributed by atoms with Gasteiger partial charge in [0.05, 0.1) is 12.3 Å². The third kappa shape index (κ3) is 8.81. The maximum Gasteiger partial charge on any atom is 0.201 e. The van der Waals surface area contributed by atoms with Crippen LogP contribution in [0.25, 0.3) is 10.8 Å². The Morgan fingerprint density at radius 2 is 1.34 bits per heavy atom. The van der Waals surface area contributed by atoms with Gasteiger partial charge in [-0.3, -0.25) is 0 Å². The first-order valence-electron chi connectivity index (χ1n) is 13.5. The van der Waals surface area contributed by atoms with Crippen molar-refractivity contribution in [1.29, 1.82) is 0 Å². The second kappa shape index (κ2) is 15.7. The van der Waals surface area contributed by atoms with Crippen molar-refractivity contribution in [3.8, 4) is 5.75 Å². The summed E-state index contributed by atoms with van der Waals surface area (Å²) in [5.74, 6) is 1.79. The van der Waals surface area contributed by atoms with E-state index in [9.17, 15) is 0 Å². The SMILES string of the molecule is Cc1ccccc1/N=C(/NCCCCCCCCOc1cccc2ccccc12)Nc1ccccc1C.Cl. The standard InChI is InChI=1S/C33H39N3O.ClH/c1-26-16-7-11-21-30(26)35-33(36-31-22-12-8-17-27(31)2)34-24-13-5-3-4-6-14-25-37-32-23-15-19-28-18-9-10-20-29(28)32;/h7-12,15-23H,3-6,13-14,24-25H2,1-2H3,(H2,34,35,36);1H. The van der Waals surface area contributed by atoms with Crippen molar-refractivity contribution in [2.45, 2.75) is 52.4 Å². The number of halogens is 1. The van der Waals surface area contributed by atoms with Crippen LogP contribution in [-0.2, 0) is 0 Å². The molecule has 0 fully saturated rings. The highest BCUT2D eigenvalue weighted by Crippen LogP contribution is 2.25. The quantitative estimate of drug-likeness (QED) is 0.109. The molecule has 0 aliphatic heterocycles. The predicted molar refractivity (Wildman–Crippen MR) is 165 cm³/mol. The summed E-state index contributed by atoms with van der Waals surface area (Å²) in [7, 11) is 0. The van der Waals surface area contributed by atoms with Crippen LogP contribution in [0.1, 0.15) is 49.7 Å². The highest BCUT2D eigenvalue weighted by Gasteiger charge is 2.05. The van der Waals surface area contributed by atoms with E-state index in [1.54, 1.807) is 0 Å². The van der Waals surface area contributed by atoms with E-state index >= 15 is 0 Å². The normalized spacial score (nSPS) is 11.2. The lowest BCUT2D eigenvalue weighted by atomic mass is 10.1. The first-order valence-corrected chi connectivity index (χ1v) is 13.5. The molecule has 4 aromatic rings. The highest BCUT2D eigenvalue weighted by molar-refractivity contribution is 5.96. The Kier molecular flexibility index (Phi) is 12.0. The molecule has 0 aliphatic carbocycles. The van der Waals surface area contributed by atoms with Gasteiger partial charge in [-0.1, -0.05) is 98.5 Å². The van der Waals surface area contributed by atoms with Crippen molar-refractivity contribution in [3.05, 3.63) is 102 Å². The minimum Gasteiger partial charge on any atom is -0.493 e. The molecule has 38 heavy (non-hydrogen) atoms. The molecule has 0 aliphatic rings. The van der Waals surface area contributed by atoms with Crippen LogP contribution in [0.15, 0.2) is 96.0 Å². The molecule has 200 valence electrons. The van der Waals surface area contributed by atoms with E-state index < -0.39 is 0 Å². The van der Waals surface area contributed by atoms with Crippen molar-refractivity contribution < 1.29 is 4.74 Å². The Morgan fingerprint density at radius 1 is 0.684 bits per heavy atom. The number of guanidine groups is 1. The molecule has 0 radical (unpaired) electrons. The van der Waals surface area contributed by atoms with Gasteiger partial charge in [0.1, 0.15) is 5.75 Å². The Hall–Kier alpha value is -3.50. The maximum absolute atomic E-state index is 6.07. The van der Waals surface area contributed by atoms with E-state index in [2.05, 4.69) is 97.3 Å². The molecule has 0 bridgehead atoms. The van der Waals surface area contributed by atoms with Gasteiger partial charge in [-0.15, -0.1) is 12.4 Å². The number of hydrogen-bond donors (Lipinski definition) is 2. The first-order chi connectivity index (χ1) is 18.2. The molecule has 5 heteroatoms. The van der Waals surface area contributed by atoms with Crippen LogP contribution >= 0.6 is 12.4 Å². The topological polar surface area (TPSA) is 45.7 Å². The van der Waals surface area contributed by atoms with Crippen molar-refractivity contribution >= 4 is 40.5 Å². The first kappa shape index (κ1) is 29.1. The van der Waals surface area contributed by atoms with Gasteiger partial charge < -0.3 is 15.4 Å². The van der Waals surface area contributed by atoms with Crippen LogP contribution in [0.5, 0.6) is 5.75 Å². The number of unbranched alkanes of at least 4 members (excludes halogenated alkanes) is 5. The average molecular weight is 530 g/mol. The number of nitrogens with zero attached hydrogens (tertiary/aromatic N) is 1. The number of nitrogens with one attached hydrogen (secondary N) is 2. The highest BCUT2D eigenvalue weighted by atomic mass is 35.5. The van der Waals surface area contributed by atoms with Crippen LogP contribution < -0.4 is 15.4 Å². The minimum absolute atomic E-state index is 0. The lowest BCUT2D eigenvalue weighted by Gasteiger charge is -2.15. The molecular weight excluding hydrogens is 490 g/mol. The molecular formula is C33H40ClN3O. The molecule has 4 rings (SSSR count). The summed E-state index contributed by atoms with van der Waals surface area (Å²) in [6, 6.07) is 31.2. The molecule has 0 spiro atoms. The molecule has 2 N–H and O–H groups in total. The number of para-hydroxylation sites is 2. The van der Waals surface area contributed by atoms with E-state index in [1.165, 1.54) is 42.0 Å². The van der Waals surface area contributed by atoms with Crippen LogP contribution in [0.4, 0.5) is 11.4 Å². The van der Waals surface area contributed by atoms with E-state index in [4.69, 9.17) is 9.73 Å². The van der Waals surface area contributed by atoms with Gasteiger partial charge in [-0.2, -0.15) is 0 Å². The number of benzene rings is 4. The van der Waals surface area contributed by atoms with Gasteiger partial charge in [0, 0.05) is 17.6 Å². The van der Waals surface area contributed by atoms with Crippen molar-refractivity contribution in [1.82, 2.24) is 5.32 Å². The van der Waals surface area contributed by atoms with Gasteiger partial charge in [-0.25, -0.2) is 4.99 Å². The monoisotopic (exact) mass is 529 g/mol. The summed E-state index contributed by atoms with van der Waals surface area (Å²) in [6.45, 7) is 5.88. The lowest BCUT2D eigenvalue weighted by Crippen LogP contribution is -2.31. The predicted octanol–water partition coefficient (Wildman–Crippen LogP) is 8.99. The molecule has 4 nitrogen and oxygen atoms in total. The second-order valence-electron chi connectivity index (χ2n) is 9.56. The minimum atomic E-state index is 0. The van der Waals surface area contributed by atoms with Crippen molar-refractivity contribution in [2.75, 3.05) is 18.5 Å². The molecule has 0 atom stereocenters. The lowest BCUT2D eigenvalue weighted by molar-refractivity contribution is 0.307. The van der Waals surface area contributed by atoms with E-state index in [0.717, 1.165) is 54.6 Å². The summed E-state index contributed by atoms with van der Waals surface area (Å²) >= 11 is 0. The zero-order valence-corrected chi connectivity index (χ0v) is 23.4. The average Bonchev–Trinajstić information content (AvgIpc) is 2.92. The number of fused-ring (bicyclic) bond motifs is 1. The summed E-state index contributed by atoms with van der Waals surface area (Å²) < 4.78 is 6.07. The molecule has 0 aromatic heterocycles. The number of anilines is 1. The van der Waals surface area contributed by atoms with Gasteiger partial charge in [0.25, 0.3) is 0 Å². The number of ether oxygens (including phenoxy) is 1. The Balaban J connectivity index is 0.00000400. The number of rotatable bonds is 12. The molecule has 0 saturated carbocycles. The van der Waals surface area contributed by atoms with E-state index in [-0.39, 0.29) is 12.4 Å². The summed E-state index contributed by atoms with van der Waals surface area (Å²) in [5.41, 5.74) is 4.42. The Bertz CT molecular complexity index is 1300. The Labute approximate surface area is 234 Å². The summed E-state index contributed by atoms with van der Waals surface area (Å²) in [4.78, 5) is 4.89. The fourth-order valence-electron chi connectivity index (χ4n) is 4.41. The van der Waals surface area contributed by atoms with Crippen LogP contribution in [-0.4, -0.2) is 19.1 Å². The van der Waals surface area contributed by atoms with E-state index in [1.807, 2.05) is 18.2 Å². The summed E-state index contributed by atoms with van der Waals surface area (Å²) in [5, 5.41) is 9.46. The van der Waals surface area contributed by atoms with Crippen LogP contribution in [0.3, 0.4) is 0 Å². The largest absolute Gasteiger partial charge is 0.493 e. The molecule has 0 saturated heterocycles. The van der Waals surface area contributed by atoms with Crippen LogP contribution in [0, 0.1) is 13.8 Å². The van der Waals surface area contributed by atoms with E-state index in [0.29, 0.717) is 0 Å². The third-order valence-corrected chi connectivity index (χ3v) is 6.62. The van der Waals surface area contributed by atoms with Crippen LogP contribution in [0.2, 0.25) is 0 Å². The van der Waals surface area contributed by atoms with Gasteiger partial charge >= 0.3 is 0 Å². The van der Waals surface area contributed by atoms with Gasteiger partial charge in [0.15, 0.2) is 0 Å².